The van der Waals surface area contributed by atoms with Crippen molar-refractivity contribution in [2.45, 2.75) is 24.9 Å². The molecule has 1 fully saturated rings. The Morgan fingerprint density at radius 1 is 1.23 bits per heavy atom. The Kier molecular flexibility index (Phi) is 6.26. The number of likely N-dealkylation sites (N-methyl/N-ethyl adjacent to an activating group) is 1. The Hall–Kier alpha value is -2.12. The maximum Gasteiger partial charge on any atom is 0.326 e. The van der Waals surface area contributed by atoms with Crippen molar-refractivity contribution in [3.05, 3.63) is 34.9 Å². The van der Waals surface area contributed by atoms with Crippen LogP contribution in [0.2, 0.25) is 5.02 Å². The van der Waals surface area contributed by atoms with Crippen LogP contribution >= 0.6 is 11.6 Å². The summed E-state index contributed by atoms with van der Waals surface area (Å²) >= 11 is 5.96. The molecule has 1 saturated heterocycles. The van der Waals surface area contributed by atoms with Gasteiger partial charge in [0.05, 0.1) is 20.1 Å². The van der Waals surface area contributed by atoms with Crippen LogP contribution in [-0.2, 0) is 23.9 Å². The molecule has 0 aromatic heterocycles. The van der Waals surface area contributed by atoms with E-state index in [9.17, 15) is 14.4 Å². The minimum atomic E-state index is -0.966. The number of rotatable bonds is 5. The van der Waals surface area contributed by atoms with Crippen LogP contribution in [0.4, 0.5) is 0 Å². The summed E-state index contributed by atoms with van der Waals surface area (Å²) in [6.07, 6.45) is 0.260. The summed E-state index contributed by atoms with van der Waals surface area (Å²) in [6, 6.07) is 6.76. The summed E-state index contributed by atoms with van der Waals surface area (Å²) in [5.74, 6) is -1.82. The van der Waals surface area contributed by atoms with Gasteiger partial charge < -0.3 is 14.8 Å². The van der Waals surface area contributed by atoms with Crippen LogP contribution in [-0.4, -0.2) is 56.1 Å². The molecule has 1 aromatic rings. The number of hydrogen-bond acceptors (Lipinski definition) is 6. The molecule has 1 heterocycles. The summed E-state index contributed by atoms with van der Waals surface area (Å²) in [7, 11) is 4.36. The van der Waals surface area contributed by atoms with Crippen molar-refractivity contribution in [1.29, 1.82) is 0 Å². The molecule has 3 atom stereocenters. The molecular weight excluding hydrogens is 360 g/mol. The molecule has 0 saturated carbocycles. The summed E-state index contributed by atoms with van der Waals surface area (Å²) in [5, 5.41) is 3.16. The first-order valence-corrected chi connectivity index (χ1v) is 8.53. The minimum absolute atomic E-state index is 0.224. The van der Waals surface area contributed by atoms with Crippen molar-refractivity contribution >= 4 is 29.4 Å². The van der Waals surface area contributed by atoms with Crippen LogP contribution < -0.4 is 5.32 Å². The average Bonchev–Trinajstić information content (AvgIpc) is 2.92. The summed E-state index contributed by atoms with van der Waals surface area (Å²) in [5.41, 5.74) is -0.116. The van der Waals surface area contributed by atoms with Crippen molar-refractivity contribution in [1.82, 2.24) is 10.2 Å². The molecule has 142 valence electrons. The predicted molar refractivity (Wildman–Crippen MR) is 95.5 cm³/mol. The molecule has 1 aliphatic heterocycles. The number of carbonyl (C=O) groups is 3. The quantitative estimate of drug-likeness (QED) is 0.778. The number of halogens is 1. The van der Waals surface area contributed by atoms with Gasteiger partial charge >= 0.3 is 11.9 Å². The maximum absolute atomic E-state index is 12.7. The SMILES string of the molecule is COC(=O)CNC(=O)[C@@H]1C[C@](C)(C(=O)OC)N(C)[C@@H]1c1ccc(Cl)cc1. The largest absolute Gasteiger partial charge is 0.468 e. The lowest BCUT2D eigenvalue weighted by atomic mass is 9.89. The van der Waals surface area contributed by atoms with E-state index in [1.54, 1.807) is 26.1 Å². The fraction of sp³-hybridized carbons (Fsp3) is 0.500. The molecule has 26 heavy (non-hydrogen) atoms. The summed E-state index contributed by atoms with van der Waals surface area (Å²) in [6.45, 7) is 1.52. The van der Waals surface area contributed by atoms with E-state index in [0.29, 0.717) is 5.02 Å². The van der Waals surface area contributed by atoms with Crippen molar-refractivity contribution in [3.8, 4) is 0 Å². The van der Waals surface area contributed by atoms with Gasteiger partial charge in [-0.2, -0.15) is 0 Å². The van der Waals surface area contributed by atoms with Crippen molar-refractivity contribution in [2.75, 3.05) is 27.8 Å². The van der Waals surface area contributed by atoms with Gasteiger partial charge in [-0.3, -0.25) is 19.3 Å². The number of ether oxygens (including phenoxy) is 2. The van der Waals surface area contributed by atoms with Crippen LogP contribution in [0.15, 0.2) is 24.3 Å². The molecular formula is C18H23ClN2O5. The number of esters is 2. The van der Waals surface area contributed by atoms with E-state index >= 15 is 0 Å². The lowest BCUT2D eigenvalue weighted by Crippen LogP contribution is -2.47. The molecule has 7 nitrogen and oxygen atoms in total. The fourth-order valence-corrected chi connectivity index (χ4v) is 3.55. The predicted octanol–water partition coefficient (Wildman–Crippen LogP) is 1.55. The topological polar surface area (TPSA) is 84.9 Å². The average molecular weight is 383 g/mol. The molecule has 2 rings (SSSR count). The summed E-state index contributed by atoms with van der Waals surface area (Å²) < 4.78 is 9.50. The molecule has 0 unspecified atom stereocenters. The van der Waals surface area contributed by atoms with Crippen LogP contribution in [0.3, 0.4) is 0 Å². The Morgan fingerprint density at radius 2 is 1.85 bits per heavy atom. The van der Waals surface area contributed by atoms with Crippen molar-refractivity contribution in [3.63, 3.8) is 0 Å². The Labute approximate surface area is 157 Å². The number of nitrogens with one attached hydrogen (secondary N) is 1. The van der Waals surface area contributed by atoms with E-state index in [4.69, 9.17) is 16.3 Å². The van der Waals surface area contributed by atoms with Gasteiger partial charge in [-0.15, -0.1) is 0 Å². The number of hydrogen-bond donors (Lipinski definition) is 1. The van der Waals surface area contributed by atoms with Gasteiger partial charge in [0.15, 0.2) is 0 Å². The van der Waals surface area contributed by atoms with Gasteiger partial charge in [0.1, 0.15) is 12.1 Å². The van der Waals surface area contributed by atoms with E-state index in [1.165, 1.54) is 14.2 Å². The molecule has 8 heteroatoms. The highest BCUT2D eigenvalue weighted by molar-refractivity contribution is 6.30. The number of amides is 1. The van der Waals surface area contributed by atoms with Gasteiger partial charge in [-0.05, 0) is 38.1 Å². The van der Waals surface area contributed by atoms with Crippen LogP contribution in [0.25, 0.3) is 0 Å². The molecule has 0 spiro atoms. The van der Waals surface area contributed by atoms with Crippen molar-refractivity contribution < 1.29 is 23.9 Å². The van der Waals surface area contributed by atoms with E-state index in [0.717, 1.165) is 5.56 Å². The highest BCUT2D eigenvalue weighted by Gasteiger charge is 2.54. The second-order valence-electron chi connectivity index (χ2n) is 6.48. The van der Waals surface area contributed by atoms with E-state index in [2.05, 4.69) is 10.1 Å². The molecule has 0 aliphatic carbocycles. The Balaban J connectivity index is 2.35. The normalized spacial score (nSPS) is 25.6. The zero-order chi connectivity index (χ0) is 19.5. The first-order chi connectivity index (χ1) is 12.2. The molecule has 1 amide bonds. The standard InChI is InChI=1S/C18H23ClN2O5/c1-18(17(24)26-4)9-13(16(23)20-10-14(22)25-3)15(21(18)2)11-5-7-12(19)8-6-11/h5-8,13,15H,9-10H2,1-4H3,(H,20,23)/t13-,15-,18-/m1/s1. The zero-order valence-electron chi connectivity index (χ0n) is 15.2. The number of nitrogens with zero attached hydrogens (tertiary/aromatic N) is 1. The third-order valence-electron chi connectivity index (χ3n) is 5.00. The van der Waals surface area contributed by atoms with Crippen molar-refractivity contribution in [2.24, 2.45) is 5.92 Å². The molecule has 0 radical (unpaired) electrons. The van der Waals surface area contributed by atoms with Gasteiger partial charge in [0, 0.05) is 11.1 Å². The first kappa shape index (κ1) is 20.2. The Morgan fingerprint density at radius 3 is 2.38 bits per heavy atom. The molecule has 1 aliphatic rings. The Bertz CT molecular complexity index is 693. The van der Waals surface area contributed by atoms with Gasteiger partial charge in [-0.1, -0.05) is 23.7 Å². The van der Waals surface area contributed by atoms with Gasteiger partial charge in [0.25, 0.3) is 0 Å². The maximum atomic E-state index is 12.7. The number of likely N-dealkylation sites (tertiary alicyclic amines) is 1. The minimum Gasteiger partial charge on any atom is -0.468 e. The lowest BCUT2D eigenvalue weighted by molar-refractivity contribution is -0.152. The summed E-state index contributed by atoms with van der Waals surface area (Å²) in [4.78, 5) is 38.3. The van der Waals surface area contributed by atoms with Crippen LogP contribution in [0, 0.1) is 5.92 Å². The third kappa shape index (κ3) is 3.83. The van der Waals surface area contributed by atoms with Crippen LogP contribution in [0.1, 0.15) is 24.9 Å². The van der Waals surface area contributed by atoms with Gasteiger partial charge in [0.2, 0.25) is 5.91 Å². The second-order valence-corrected chi connectivity index (χ2v) is 6.91. The van der Waals surface area contributed by atoms with E-state index < -0.39 is 23.4 Å². The monoisotopic (exact) mass is 382 g/mol. The second kappa shape index (κ2) is 8.05. The van der Waals surface area contributed by atoms with E-state index in [1.807, 2.05) is 17.0 Å². The smallest absolute Gasteiger partial charge is 0.326 e. The zero-order valence-corrected chi connectivity index (χ0v) is 16.0. The molecule has 1 aromatic carbocycles. The lowest BCUT2D eigenvalue weighted by Gasteiger charge is -2.33. The van der Waals surface area contributed by atoms with E-state index in [-0.39, 0.29) is 24.9 Å². The van der Waals surface area contributed by atoms with Gasteiger partial charge in [-0.25, -0.2) is 0 Å². The fourth-order valence-electron chi connectivity index (χ4n) is 3.42. The molecule has 0 bridgehead atoms. The number of methoxy groups -OCH3 is 2. The number of benzene rings is 1. The first-order valence-electron chi connectivity index (χ1n) is 8.16. The molecule has 1 N–H and O–H groups in total. The third-order valence-corrected chi connectivity index (χ3v) is 5.25. The highest BCUT2D eigenvalue weighted by atomic mass is 35.5. The highest BCUT2D eigenvalue weighted by Crippen LogP contribution is 2.46. The number of carbonyl (C=O) groups excluding carboxylic acids is 3. The van der Waals surface area contributed by atoms with Crippen LogP contribution in [0.5, 0.6) is 0 Å².